The number of thioether (sulfide) groups is 1. The molecule has 0 amide bonds. The van der Waals surface area contributed by atoms with Gasteiger partial charge in [-0.2, -0.15) is 11.8 Å². The number of rotatable bonds is 7. The van der Waals surface area contributed by atoms with Crippen molar-refractivity contribution >= 4 is 41.7 Å². The first-order chi connectivity index (χ1) is 11.4. The van der Waals surface area contributed by atoms with Crippen LogP contribution >= 0.6 is 35.7 Å². The van der Waals surface area contributed by atoms with Crippen LogP contribution in [0.4, 0.5) is 0 Å². The van der Waals surface area contributed by atoms with E-state index in [2.05, 4.69) is 45.9 Å². The van der Waals surface area contributed by atoms with Crippen LogP contribution in [0.15, 0.2) is 4.99 Å². The fourth-order valence-corrected chi connectivity index (χ4v) is 2.51. The quantitative estimate of drug-likeness (QED) is 0.352. The van der Waals surface area contributed by atoms with E-state index in [1.165, 1.54) is 0 Å². The summed E-state index contributed by atoms with van der Waals surface area (Å²) in [5.41, 5.74) is 0. The fraction of sp³-hybridized carbons (Fsp3) is 0.812. The largest absolute Gasteiger partial charge is 0.376 e. The van der Waals surface area contributed by atoms with Crippen LogP contribution in [0.5, 0.6) is 0 Å². The van der Waals surface area contributed by atoms with Gasteiger partial charge in [0.25, 0.3) is 0 Å². The Morgan fingerprint density at radius 1 is 1.40 bits per heavy atom. The second-order valence-electron chi connectivity index (χ2n) is 6.72. The average Bonchev–Trinajstić information content (AvgIpc) is 3.19. The minimum atomic E-state index is 0. The van der Waals surface area contributed by atoms with E-state index in [0.29, 0.717) is 6.54 Å². The molecule has 1 aromatic rings. The van der Waals surface area contributed by atoms with Gasteiger partial charge in [-0.25, -0.2) is 4.99 Å². The molecular weight excluding hydrogens is 451 g/mol. The number of aromatic nitrogens is 3. The number of guanidine groups is 1. The number of halogens is 1. The normalized spacial score (nSPS) is 18.1. The van der Waals surface area contributed by atoms with Crippen LogP contribution in [0.3, 0.4) is 0 Å². The Bertz CT molecular complexity index is 557. The summed E-state index contributed by atoms with van der Waals surface area (Å²) in [5.74, 6) is 2.55. The zero-order valence-electron chi connectivity index (χ0n) is 15.8. The van der Waals surface area contributed by atoms with Gasteiger partial charge < -0.3 is 19.9 Å². The fourth-order valence-electron chi connectivity index (χ4n) is 2.30. The molecule has 0 radical (unpaired) electrons. The predicted octanol–water partition coefficient (Wildman–Crippen LogP) is 2.10. The molecule has 0 saturated carbocycles. The number of nitrogens with one attached hydrogen (secondary N) is 2. The molecule has 0 spiro atoms. The second kappa shape index (κ2) is 10.6. The predicted molar refractivity (Wildman–Crippen MR) is 115 cm³/mol. The average molecular weight is 482 g/mol. The smallest absolute Gasteiger partial charge is 0.191 e. The molecule has 144 valence electrons. The molecule has 1 saturated heterocycles. The molecule has 1 atom stereocenters. The number of hydrogen-bond acceptors (Lipinski definition) is 5. The van der Waals surface area contributed by atoms with E-state index in [-0.39, 0.29) is 34.8 Å². The summed E-state index contributed by atoms with van der Waals surface area (Å²) < 4.78 is 7.79. The summed E-state index contributed by atoms with van der Waals surface area (Å²) in [7, 11) is 1.96. The van der Waals surface area contributed by atoms with Crippen molar-refractivity contribution in [1.82, 2.24) is 25.4 Å². The monoisotopic (exact) mass is 482 g/mol. The van der Waals surface area contributed by atoms with Gasteiger partial charge in [-0.05, 0) is 39.9 Å². The van der Waals surface area contributed by atoms with E-state index < -0.39 is 0 Å². The number of aliphatic imine (C=N–C) groups is 1. The maximum Gasteiger partial charge on any atom is 0.191 e. The molecule has 0 bridgehead atoms. The third kappa shape index (κ3) is 7.30. The van der Waals surface area contributed by atoms with Crippen LogP contribution in [0.25, 0.3) is 0 Å². The van der Waals surface area contributed by atoms with Gasteiger partial charge in [-0.15, -0.1) is 34.2 Å². The van der Waals surface area contributed by atoms with E-state index in [9.17, 15) is 0 Å². The van der Waals surface area contributed by atoms with Crippen molar-refractivity contribution in [3.63, 3.8) is 0 Å². The third-order valence-electron chi connectivity index (χ3n) is 4.32. The molecule has 2 rings (SSSR count). The first-order valence-electron chi connectivity index (χ1n) is 8.45. The first kappa shape index (κ1) is 22.5. The second-order valence-corrected chi connectivity index (χ2v) is 8.23. The van der Waals surface area contributed by atoms with Crippen molar-refractivity contribution in [3.05, 3.63) is 11.6 Å². The van der Waals surface area contributed by atoms with Crippen molar-refractivity contribution in [2.75, 3.05) is 26.0 Å². The molecular formula is C16H31IN6OS. The standard InChI is InChI=1S/C16H30N6OS.HI/c1-12-20-21-14(22(12)4)10-18-15(19-11-16(2,3)24-5)17-9-13-7-6-8-23-13;/h13H,6-11H2,1-5H3,(H2,17,18,19);1H. The highest BCUT2D eigenvalue weighted by Gasteiger charge is 2.18. The first-order valence-corrected chi connectivity index (χ1v) is 9.67. The lowest BCUT2D eigenvalue weighted by molar-refractivity contribution is 0.114. The maximum absolute atomic E-state index is 5.68. The number of nitrogens with zero attached hydrogens (tertiary/aromatic N) is 4. The van der Waals surface area contributed by atoms with E-state index in [4.69, 9.17) is 4.74 Å². The Balaban J connectivity index is 0.00000312. The molecule has 1 aromatic heterocycles. The SMILES string of the molecule is CSC(C)(C)CNC(=NCc1nnc(C)n1C)NCC1CCCO1.I. The Kier molecular flexibility index (Phi) is 9.50. The zero-order chi connectivity index (χ0) is 17.6. The van der Waals surface area contributed by atoms with Crippen LogP contribution in [0.2, 0.25) is 0 Å². The van der Waals surface area contributed by atoms with E-state index in [1.54, 1.807) is 0 Å². The lowest BCUT2D eigenvalue weighted by atomic mass is 10.2. The van der Waals surface area contributed by atoms with Gasteiger partial charge in [0.05, 0.1) is 6.10 Å². The van der Waals surface area contributed by atoms with E-state index in [1.807, 2.05) is 30.3 Å². The summed E-state index contributed by atoms with van der Waals surface area (Å²) in [5, 5.41) is 15.1. The molecule has 25 heavy (non-hydrogen) atoms. The maximum atomic E-state index is 5.68. The van der Waals surface area contributed by atoms with Crippen LogP contribution in [-0.2, 0) is 18.3 Å². The lowest BCUT2D eigenvalue weighted by Gasteiger charge is -2.24. The highest BCUT2D eigenvalue weighted by Crippen LogP contribution is 2.19. The molecule has 1 aliphatic rings. The van der Waals surface area contributed by atoms with Crippen molar-refractivity contribution in [1.29, 1.82) is 0 Å². The van der Waals surface area contributed by atoms with Crippen LogP contribution in [-0.4, -0.2) is 57.5 Å². The van der Waals surface area contributed by atoms with Gasteiger partial charge in [-0.1, -0.05) is 0 Å². The van der Waals surface area contributed by atoms with Crippen LogP contribution in [0, 0.1) is 6.92 Å². The van der Waals surface area contributed by atoms with Gasteiger partial charge in [0.15, 0.2) is 11.8 Å². The minimum absolute atomic E-state index is 0. The zero-order valence-corrected chi connectivity index (χ0v) is 19.0. The van der Waals surface area contributed by atoms with Crippen molar-refractivity contribution in [2.24, 2.45) is 12.0 Å². The molecule has 0 aromatic carbocycles. The van der Waals surface area contributed by atoms with Gasteiger partial charge in [0, 0.05) is 31.5 Å². The number of hydrogen-bond donors (Lipinski definition) is 2. The Morgan fingerprint density at radius 3 is 2.72 bits per heavy atom. The van der Waals surface area contributed by atoms with Crippen LogP contribution < -0.4 is 10.6 Å². The molecule has 9 heteroatoms. The van der Waals surface area contributed by atoms with E-state index >= 15 is 0 Å². The third-order valence-corrected chi connectivity index (χ3v) is 5.57. The molecule has 0 aliphatic carbocycles. The molecule has 1 unspecified atom stereocenters. The van der Waals surface area contributed by atoms with Gasteiger partial charge in [0.1, 0.15) is 12.4 Å². The summed E-state index contributed by atoms with van der Waals surface area (Å²) in [4.78, 5) is 4.67. The van der Waals surface area contributed by atoms with Gasteiger partial charge in [-0.3, -0.25) is 0 Å². The molecule has 2 heterocycles. The number of ether oxygens (including phenoxy) is 1. The van der Waals surface area contributed by atoms with Gasteiger partial charge in [0.2, 0.25) is 0 Å². The Labute approximate surface area is 172 Å². The van der Waals surface area contributed by atoms with Crippen molar-refractivity contribution < 1.29 is 4.74 Å². The highest BCUT2D eigenvalue weighted by molar-refractivity contribution is 14.0. The summed E-state index contributed by atoms with van der Waals surface area (Å²) in [6.45, 7) is 9.35. The molecule has 2 N–H and O–H groups in total. The minimum Gasteiger partial charge on any atom is -0.376 e. The molecule has 1 fully saturated rings. The number of aryl methyl sites for hydroxylation is 1. The van der Waals surface area contributed by atoms with Crippen molar-refractivity contribution in [2.45, 2.75) is 51.0 Å². The Hall–Kier alpha value is -0.550. The molecule has 1 aliphatic heterocycles. The van der Waals surface area contributed by atoms with E-state index in [0.717, 1.165) is 50.1 Å². The van der Waals surface area contributed by atoms with Crippen LogP contribution in [0.1, 0.15) is 38.3 Å². The highest BCUT2D eigenvalue weighted by atomic mass is 127. The van der Waals surface area contributed by atoms with Crippen molar-refractivity contribution in [3.8, 4) is 0 Å². The topological polar surface area (TPSA) is 76.4 Å². The summed E-state index contributed by atoms with van der Waals surface area (Å²) >= 11 is 1.84. The summed E-state index contributed by atoms with van der Waals surface area (Å²) in [6, 6.07) is 0. The Morgan fingerprint density at radius 2 is 2.16 bits per heavy atom. The lowest BCUT2D eigenvalue weighted by Crippen LogP contribution is -2.45. The van der Waals surface area contributed by atoms with Gasteiger partial charge >= 0.3 is 0 Å². The summed E-state index contributed by atoms with van der Waals surface area (Å²) in [6.07, 6.45) is 4.66. The molecule has 7 nitrogen and oxygen atoms in total.